The van der Waals surface area contributed by atoms with Crippen molar-refractivity contribution >= 4 is 29.3 Å². The Morgan fingerprint density at radius 1 is 1.30 bits per heavy atom. The van der Waals surface area contributed by atoms with Crippen LogP contribution in [0.25, 0.3) is 0 Å². The summed E-state index contributed by atoms with van der Waals surface area (Å²) in [4.78, 5) is 25.7. The van der Waals surface area contributed by atoms with Gasteiger partial charge in [-0.3, -0.25) is 0 Å². The largest absolute Gasteiger partial charge is 0.337 e. The Morgan fingerprint density at radius 3 is 2.78 bits per heavy atom. The van der Waals surface area contributed by atoms with Gasteiger partial charge in [0.25, 0.3) is 0 Å². The number of rotatable bonds is 4. The number of para-hydroxylation sites is 1. The second-order valence-corrected chi connectivity index (χ2v) is 7.46. The van der Waals surface area contributed by atoms with E-state index in [2.05, 4.69) is 41.0 Å². The summed E-state index contributed by atoms with van der Waals surface area (Å²) < 4.78 is 0. The molecule has 1 aliphatic heterocycles. The third-order valence-electron chi connectivity index (χ3n) is 4.98. The molecule has 1 atom stereocenters. The zero-order valence-corrected chi connectivity index (χ0v) is 16.8. The van der Waals surface area contributed by atoms with Gasteiger partial charge in [0.2, 0.25) is 5.95 Å². The molecule has 1 aromatic heterocycles. The maximum absolute atomic E-state index is 13.0. The van der Waals surface area contributed by atoms with Gasteiger partial charge in [0, 0.05) is 31.5 Å². The van der Waals surface area contributed by atoms with Crippen LogP contribution in [0.15, 0.2) is 36.5 Å². The summed E-state index contributed by atoms with van der Waals surface area (Å²) >= 11 is 6.01. The van der Waals surface area contributed by atoms with Crippen LogP contribution in [0.3, 0.4) is 0 Å². The Labute approximate surface area is 165 Å². The number of halogens is 1. The maximum Gasteiger partial charge on any atom is 0.322 e. The molecule has 0 bridgehead atoms. The summed E-state index contributed by atoms with van der Waals surface area (Å²) in [5, 5.41) is 3.52. The first-order valence-corrected chi connectivity index (χ1v) is 9.76. The summed E-state index contributed by atoms with van der Waals surface area (Å²) in [6, 6.07) is 9.62. The van der Waals surface area contributed by atoms with Gasteiger partial charge in [-0.1, -0.05) is 50.6 Å². The SMILES string of the molecule is CCc1ccccc1NC(=O)N1CCN(c2nccc(Cl)n2)CC1C(C)C. The number of carbonyl (C=O) groups is 1. The number of amides is 2. The van der Waals surface area contributed by atoms with Gasteiger partial charge in [-0.25, -0.2) is 14.8 Å². The molecule has 1 aromatic carbocycles. The summed E-state index contributed by atoms with van der Waals surface area (Å²) in [6.45, 7) is 8.32. The Balaban J connectivity index is 1.75. The molecule has 2 aromatic rings. The Hall–Kier alpha value is -2.34. The molecule has 1 aliphatic rings. The minimum Gasteiger partial charge on any atom is -0.337 e. The number of aromatic nitrogens is 2. The number of aryl methyl sites for hydroxylation is 1. The molecule has 2 amide bonds. The van der Waals surface area contributed by atoms with E-state index in [0.29, 0.717) is 36.7 Å². The Bertz CT molecular complexity index is 797. The molecule has 1 unspecified atom stereocenters. The van der Waals surface area contributed by atoms with Crippen LogP contribution in [0.5, 0.6) is 0 Å². The molecular weight excluding hydrogens is 362 g/mol. The highest BCUT2D eigenvalue weighted by atomic mass is 35.5. The third-order valence-corrected chi connectivity index (χ3v) is 5.19. The van der Waals surface area contributed by atoms with Crippen molar-refractivity contribution < 1.29 is 4.79 Å². The van der Waals surface area contributed by atoms with Crippen molar-refractivity contribution in [2.45, 2.75) is 33.2 Å². The molecule has 1 saturated heterocycles. The highest BCUT2D eigenvalue weighted by Gasteiger charge is 2.33. The highest BCUT2D eigenvalue weighted by molar-refractivity contribution is 6.29. The topological polar surface area (TPSA) is 61.4 Å². The zero-order valence-electron chi connectivity index (χ0n) is 16.0. The predicted molar refractivity (Wildman–Crippen MR) is 109 cm³/mol. The first kappa shape index (κ1) is 19.4. The average Bonchev–Trinajstić information content (AvgIpc) is 2.67. The van der Waals surface area contributed by atoms with Gasteiger partial charge in [0.1, 0.15) is 5.15 Å². The van der Waals surface area contributed by atoms with Crippen LogP contribution in [-0.4, -0.2) is 46.6 Å². The van der Waals surface area contributed by atoms with Crippen molar-refractivity contribution in [1.82, 2.24) is 14.9 Å². The molecule has 144 valence electrons. The predicted octanol–water partition coefficient (Wildman–Crippen LogP) is 4.07. The number of piperazine rings is 1. The Kier molecular flexibility index (Phi) is 6.16. The van der Waals surface area contributed by atoms with Crippen LogP contribution in [0.1, 0.15) is 26.3 Å². The monoisotopic (exact) mass is 387 g/mol. The van der Waals surface area contributed by atoms with E-state index in [4.69, 9.17) is 11.6 Å². The quantitative estimate of drug-likeness (QED) is 0.803. The summed E-state index contributed by atoms with van der Waals surface area (Å²) in [5.41, 5.74) is 2.02. The second kappa shape index (κ2) is 8.57. The molecule has 3 rings (SSSR count). The minimum atomic E-state index is -0.0544. The molecule has 2 heterocycles. The van der Waals surface area contributed by atoms with Crippen molar-refractivity contribution in [1.29, 1.82) is 0 Å². The number of urea groups is 1. The summed E-state index contributed by atoms with van der Waals surface area (Å²) in [5.74, 6) is 0.920. The molecule has 0 spiro atoms. The normalized spacial score (nSPS) is 17.3. The van der Waals surface area contributed by atoms with Crippen LogP contribution in [0.4, 0.5) is 16.4 Å². The number of hydrogen-bond acceptors (Lipinski definition) is 4. The molecule has 27 heavy (non-hydrogen) atoms. The van der Waals surface area contributed by atoms with E-state index >= 15 is 0 Å². The average molecular weight is 388 g/mol. The first-order chi connectivity index (χ1) is 13.0. The van der Waals surface area contributed by atoms with Crippen molar-refractivity contribution in [3.8, 4) is 0 Å². The second-order valence-electron chi connectivity index (χ2n) is 7.07. The number of benzene rings is 1. The van der Waals surface area contributed by atoms with Gasteiger partial charge < -0.3 is 15.1 Å². The molecule has 6 nitrogen and oxygen atoms in total. The van der Waals surface area contributed by atoms with Gasteiger partial charge in [-0.15, -0.1) is 0 Å². The summed E-state index contributed by atoms with van der Waals surface area (Å²) in [7, 11) is 0. The van der Waals surface area contributed by atoms with E-state index in [1.54, 1.807) is 12.3 Å². The van der Waals surface area contributed by atoms with Gasteiger partial charge in [-0.05, 0) is 30.0 Å². The summed E-state index contributed by atoms with van der Waals surface area (Å²) in [6.07, 6.45) is 2.54. The number of nitrogens with one attached hydrogen (secondary N) is 1. The molecule has 1 fully saturated rings. The van der Waals surface area contributed by atoms with E-state index < -0.39 is 0 Å². The van der Waals surface area contributed by atoms with E-state index in [0.717, 1.165) is 17.7 Å². The minimum absolute atomic E-state index is 0.0544. The van der Waals surface area contributed by atoms with Crippen molar-refractivity contribution in [3.05, 3.63) is 47.2 Å². The van der Waals surface area contributed by atoms with Gasteiger partial charge >= 0.3 is 6.03 Å². The smallest absolute Gasteiger partial charge is 0.322 e. The van der Waals surface area contributed by atoms with Crippen LogP contribution in [0.2, 0.25) is 5.15 Å². The van der Waals surface area contributed by atoms with Crippen LogP contribution in [0, 0.1) is 5.92 Å². The number of hydrogen-bond donors (Lipinski definition) is 1. The highest BCUT2D eigenvalue weighted by Crippen LogP contribution is 2.23. The molecule has 0 radical (unpaired) electrons. The molecular formula is C20H26ClN5O. The maximum atomic E-state index is 13.0. The van der Waals surface area contributed by atoms with E-state index in [-0.39, 0.29) is 12.1 Å². The van der Waals surface area contributed by atoms with Crippen molar-refractivity contribution in [2.24, 2.45) is 5.92 Å². The third kappa shape index (κ3) is 4.50. The lowest BCUT2D eigenvalue weighted by Crippen LogP contribution is -2.58. The van der Waals surface area contributed by atoms with E-state index in [9.17, 15) is 4.79 Å². The fourth-order valence-corrected chi connectivity index (χ4v) is 3.56. The lowest BCUT2D eigenvalue weighted by molar-refractivity contribution is 0.156. The molecule has 0 aliphatic carbocycles. The molecule has 7 heteroatoms. The number of nitrogens with zero attached hydrogens (tertiary/aromatic N) is 4. The zero-order chi connectivity index (χ0) is 19.4. The van der Waals surface area contributed by atoms with E-state index in [1.807, 2.05) is 29.2 Å². The van der Waals surface area contributed by atoms with Gasteiger partial charge in [0.15, 0.2) is 0 Å². The number of anilines is 2. The first-order valence-electron chi connectivity index (χ1n) is 9.38. The molecule has 1 N–H and O–H groups in total. The number of carbonyl (C=O) groups excluding carboxylic acids is 1. The fraction of sp³-hybridized carbons (Fsp3) is 0.450. The standard InChI is InChI=1S/C20H26ClN5O/c1-4-15-7-5-6-8-16(15)23-20(27)26-12-11-25(13-17(26)14(2)3)19-22-10-9-18(21)24-19/h5-10,14,17H,4,11-13H2,1-3H3,(H,23,27). The fourth-order valence-electron chi connectivity index (χ4n) is 3.43. The Morgan fingerprint density at radius 2 is 2.07 bits per heavy atom. The van der Waals surface area contributed by atoms with Crippen LogP contribution < -0.4 is 10.2 Å². The van der Waals surface area contributed by atoms with Crippen molar-refractivity contribution in [2.75, 3.05) is 29.9 Å². The van der Waals surface area contributed by atoms with Gasteiger partial charge in [0.05, 0.1) is 6.04 Å². The van der Waals surface area contributed by atoms with Crippen LogP contribution >= 0.6 is 11.6 Å². The lowest BCUT2D eigenvalue weighted by atomic mass is 10.00. The van der Waals surface area contributed by atoms with E-state index in [1.165, 1.54) is 0 Å². The van der Waals surface area contributed by atoms with Gasteiger partial charge in [-0.2, -0.15) is 0 Å². The lowest BCUT2D eigenvalue weighted by Gasteiger charge is -2.43. The molecule has 0 saturated carbocycles. The van der Waals surface area contributed by atoms with Crippen LogP contribution in [-0.2, 0) is 6.42 Å². The van der Waals surface area contributed by atoms with Crippen molar-refractivity contribution in [3.63, 3.8) is 0 Å².